The van der Waals surface area contributed by atoms with Crippen LogP contribution in [0.1, 0.15) is 156 Å². The van der Waals surface area contributed by atoms with Crippen LogP contribution in [0, 0.1) is 0 Å². The third-order valence-electron chi connectivity index (χ3n) is 7.17. The standard InChI is InChI=1S/C29H58N2/c1-4-7-9-11-13-14-15-16-17-18-19-21-23-25-29-30(6-3)27-28-31(29)26-24-22-20-12-10-8-5-2/h27-29H,4-26H2,1-3H3. The molecule has 0 fully saturated rings. The number of nitrogens with zero attached hydrogens (tertiary/aromatic N) is 2. The first-order valence-electron chi connectivity index (χ1n) is 14.5. The molecular weight excluding hydrogens is 376 g/mol. The average molecular weight is 435 g/mol. The Balaban J connectivity index is 2.00. The van der Waals surface area contributed by atoms with Crippen molar-refractivity contribution in [3.05, 3.63) is 12.4 Å². The lowest BCUT2D eigenvalue weighted by Gasteiger charge is -2.32. The molecule has 1 rings (SSSR count). The number of rotatable bonds is 23. The van der Waals surface area contributed by atoms with Crippen molar-refractivity contribution in [2.24, 2.45) is 0 Å². The monoisotopic (exact) mass is 434 g/mol. The van der Waals surface area contributed by atoms with Crippen molar-refractivity contribution in [2.75, 3.05) is 13.1 Å². The van der Waals surface area contributed by atoms with Crippen LogP contribution < -0.4 is 0 Å². The van der Waals surface area contributed by atoms with Gasteiger partial charge >= 0.3 is 0 Å². The second-order valence-corrected chi connectivity index (χ2v) is 10.00. The lowest BCUT2D eigenvalue weighted by atomic mass is 10.0. The maximum absolute atomic E-state index is 2.63. The van der Waals surface area contributed by atoms with Crippen molar-refractivity contribution in [1.82, 2.24) is 9.80 Å². The molecule has 2 nitrogen and oxygen atoms in total. The molecule has 1 unspecified atom stereocenters. The first kappa shape index (κ1) is 28.4. The van der Waals surface area contributed by atoms with E-state index < -0.39 is 0 Å². The number of unbranched alkanes of at least 4 members (excludes halogenated alkanes) is 18. The highest BCUT2D eigenvalue weighted by Crippen LogP contribution is 2.22. The van der Waals surface area contributed by atoms with Crippen molar-refractivity contribution in [1.29, 1.82) is 0 Å². The molecule has 0 amide bonds. The van der Waals surface area contributed by atoms with Crippen molar-refractivity contribution in [3.63, 3.8) is 0 Å². The molecule has 2 heteroatoms. The molecule has 1 heterocycles. The van der Waals surface area contributed by atoms with Gasteiger partial charge < -0.3 is 9.80 Å². The zero-order chi connectivity index (χ0) is 22.4. The maximum atomic E-state index is 2.63. The average Bonchev–Trinajstić information content (AvgIpc) is 3.18. The minimum absolute atomic E-state index is 0.637. The van der Waals surface area contributed by atoms with E-state index in [1.54, 1.807) is 0 Å². The van der Waals surface area contributed by atoms with E-state index in [4.69, 9.17) is 0 Å². The maximum Gasteiger partial charge on any atom is 0.101 e. The van der Waals surface area contributed by atoms with Crippen molar-refractivity contribution in [2.45, 2.75) is 162 Å². The van der Waals surface area contributed by atoms with Crippen molar-refractivity contribution >= 4 is 0 Å². The summed E-state index contributed by atoms with van der Waals surface area (Å²) in [6.07, 6.45) is 35.3. The Kier molecular flexibility index (Phi) is 19.4. The largest absolute Gasteiger partial charge is 0.356 e. The molecule has 0 aromatic rings. The lowest BCUT2D eigenvalue weighted by Crippen LogP contribution is -2.38. The molecule has 0 spiro atoms. The molecule has 0 saturated heterocycles. The second-order valence-electron chi connectivity index (χ2n) is 10.00. The molecule has 1 atom stereocenters. The van der Waals surface area contributed by atoms with E-state index in [0.717, 1.165) is 6.54 Å². The van der Waals surface area contributed by atoms with Gasteiger partial charge in [-0.2, -0.15) is 0 Å². The van der Waals surface area contributed by atoms with E-state index in [2.05, 4.69) is 43.0 Å². The van der Waals surface area contributed by atoms with Crippen LogP contribution in [0.4, 0.5) is 0 Å². The third kappa shape index (κ3) is 14.9. The van der Waals surface area contributed by atoms with E-state index in [9.17, 15) is 0 Å². The van der Waals surface area contributed by atoms with Crippen LogP contribution in [0.5, 0.6) is 0 Å². The normalized spacial score (nSPS) is 16.0. The van der Waals surface area contributed by atoms with E-state index in [0.29, 0.717) is 6.17 Å². The molecule has 31 heavy (non-hydrogen) atoms. The smallest absolute Gasteiger partial charge is 0.101 e. The molecule has 0 saturated carbocycles. The van der Waals surface area contributed by atoms with Gasteiger partial charge in [0.1, 0.15) is 6.17 Å². The molecule has 0 aliphatic carbocycles. The van der Waals surface area contributed by atoms with Crippen LogP contribution in [0.25, 0.3) is 0 Å². The summed E-state index contributed by atoms with van der Waals surface area (Å²) in [6, 6.07) is 0. The quantitative estimate of drug-likeness (QED) is 0.148. The number of hydrogen-bond acceptors (Lipinski definition) is 2. The molecule has 0 radical (unpaired) electrons. The molecular formula is C29H58N2. The Morgan fingerprint density at radius 2 is 0.839 bits per heavy atom. The molecule has 0 bridgehead atoms. The first-order chi connectivity index (χ1) is 15.3. The van der Waals surface area contributed by atoms with Gasteiger partial charge in [-0.1, -0.05) is 129 Å². The van der Waals surface area contributed by atoms with Crippen LogP contribution in [-0.2, 0) is 0 Å². The van der Waals surface area contributed by atoms with Gasteiger partial charge in [0.2, 0.25) is 0 Å². The summed E-state index contributed by atoms with van der Waals surface area (Å²) in [7, 11) is 0. The Morgan fingerprint density at radius 3 is 1.29 bits per heavy atom. The first-order valence-corrected chi connectivity index (χ1v) is 14.5. The fraction of sp³-hybridized carbons (Fsp3) is 0.931. The fourth-order valence-corrected chi connectivity index (χ4v) is 5.03. The van der Waals surface area contributed by atoms with Crippen LogP contribution in [0.2, 0.25) is 0 Å². The second kappa shape index (κ2) is 21.2. The lowest BCUT2D eigenvalue weighted by molar-refractivity contribution is 0.142. The van der Waals surface area contributed by atoms with Crippen molar-refractivity contribution in [3.8, 4) is 0 Å². The summed E-state index contributed by atoms with van der Waals surface area (Å²) in [5, 5.41) is 0. The Morgan fingerprint density at radius 1 is 0.452 bits per heavy atom. The summed E-state index contributed by atoms with van der Waals surface area (Å²) < 4.78 is 0. The minimum Gasteiger partial charge on any atom is -0.356 e. The van der Waals surface area contributed by atoms with Gasteiger partial charge in [0, 0.05) is 25.5 Å². The topological polar surface area (TPSA) is 6.48 Å². The zero-order valence-electron chi connectivity index (χ0n) is 21.9. The van der Waals surface area contributed by atoms with Gasteiger partial charge in [-0.25, -0.2) is 0 Å². The summed E-state index contributed by atoms with van der Waals surface area (Å²) >= 11 is 0. The summed E-state index contributed by atoms with van der Waals surface area (Å²) in [5.74, 6) is 0. The fourth-order valence-electron chi connectivity index (χ4n) is 5.03. The van der Waals surface area contributed by atoms with E-state index in [-0.39, 0.29) is 0 Å². The highest BCUT2D eigenvalue weighted by Gasteiger charge is 2.23. The molecule has 184 valence electrons. The predicted octanol–water partition coefficient (Wildman–Crippen LogP) is 9.65. The predicted molar refractivity (Wildman–Crippen MR) is 140 cm³/mol. The van der Waals surface area contributed by atoms with Crippen LogP contribution >= 0.6 is 0 Å². The van der Waals surface area contributed by atoms with E-state index >= 15 is 0 Å². The summed E-state index contributed by atoms with van der Waals surface area (Å²) in [4.78, 5) is 5.19. The molecule has 0 aromatic carbocycles. The van der Waals surface area contributed by atoms with Gasteiger partial charge in [0.25, 0.3) is 0 Å². The van der Waals surface area contributed by atoms with E-state index in [1.165, 1.54) is 141 Å². The Labute approximate surface area is 197 Å². The highest BCUT2D eigenvalue weighted by atomic mass is 15.4. The van der Waals surface area contributed by atoms with Gasteiger partial charge in [-0.3, -0.25) is 0 Å². The zero-order valence-corrected chi connectivity index (χ0v) is 21.9. The molecule has 0 aromatic heterocycles. The van der Waals surface area contributed by atoms with Crippen LogP contribution in [0.3, 0.4) is 0 Å². The van der Waals surface area contributed by atoms with E-state index in [1.807, 2.05) is 0 Å². The number of hydrogen-bond donors (Lipinski definition) is 0. The van der Waals surface area contributed by atoms with Crippen LogP contribution in [-0.4, -0.2) is 29.1 Å². The molecule has 0 N–H and O–H groups in total. The van der Waals surface area contributed by atoms with Gasteiger partial charge in [0.15, 0.2) is 0 Å². The SMILES string of the molecule is CCCCCCCCCCCCCCCC1N(CC)C=CN1CCCCCCCCC. The third-order valence-corrected chi connectivity index (χ3v) is 7.17. The Hall–Kier alpha value is -0.660. The summed E-state index contributed by atoms with van der Waals surface area (Å²) in [5.41, 5.74) is 0. The molecule has 1 aliphatic heterocycles. The van der Waals surface area contributed by atoms with Crippen LogP contribution in [0.15, 0.2) is 12.4 Å². The Bertz CT molecular complexity index is 392. The molecule has 1 aliphatic rings. The summed E-state index contributed by atoms with van der Waals surface area (Å²) in [6.45, 7) is 9.31. The minimum atomic E-state index is 0.637. The van der Waals surface area contributed by atoms with Gasteiger partial charge in [0.05, 0.1) is 0 Å². The van der Waals surface area contributed by atoms with Gasteiger partial charge in [-0.05, 0) is 26.2 Å². The highest BCUT2D eigenvalue weighted by molar-refractivity contribution is 4.96. The van der Waals surface area contributed by atoms with Gasteiger partial charge in [-0.15, -0.1) is 0 Å². The van der Waals surface area contributed by atoms with Crippen molar-refractivity contribution < 1.29 is 0 Å².